The fourth-order valence-corrected chi connectivity index (χ4v) is 2.49. The summed E-state index contributed by atoms with van der Waals surface area (Å²) < 4.78 is 0. The maximum Gasteiger partial charge on any atom is 0.234 e. The van der Waals surface area contributed by atoms with Crippen LogP contribution in [-0.4, -0.2) is 48.8 Å². The molecule has 0 aromatic rings. The van der Waals surface area contributed by atoms with Crippen LogP contribution in [0.1, 0.15) is 72.1 Å². The van der Waals surface area contributed by atoms with Crippen LogP contribution in [0.4, 0.5) is 0 Å². The number of unbranched alkanes of at least 4 members (excludes halogenated alkanes) is 4. The summed E-state index contributed by atoms with van der Waals surface area (Å²) >= 11 is 0. The monoisotopic (exact) mass is 312 g/mol. The molecule has 0 saturated heterocycles. The molecule has 0 heterocycles. The van der Waals surface area contributed by atoms with Crippen LogP contribution in [0.5, 0.6) is 0 Å². The summed E-state index contributed by atoms with van der Waals surface area (Å²) in [6, 6.07) is 0. The first-order valence-corrected chi connectivity index (χ1v) is 8.99. The van der Waals surface area contributed by atoms with E-state index in [1.165, 1.54) is 0 Å². The summed E-state index contributed by atoms with van der Waals surface area (Å²) in [5.41, 5.74) is 0. The summed E-state index contributed by atoms with van der Waals surface area (Å²) in [5.74, 6) is -0.494. The molecule has 0 rings (SSSR count). The van der Waals surface area contributed by atoms with Gasteiger partial charge in [0.2, 0.25) is 11.8 Å². The van der Waals surface area contributed by atoms with E-state index in [2.05, 4.69) is 20.8 Å². The first-order chi connectivity index (χ1) is 10.5. The first-order valence-electron chi connectivity index (χ1n) is 8.99. The molecule has 0 unspecified atom stereocenters. The number of amides is 2. The van der Waals surface area contributed by atoms with Crippen molar-refractivity contribution >= 4 is 11.8 Å². The molecule has 0 aromatic carbocycles. The molecular formula is C18H36N2O2. The van der Waals surface area contributed by atoms with E-state index in [0.29, 0.717) is 6.42 Å². The third-order valence-corrected chi connectivity index (χ3v) is 4.14. The summed E-state index contributed by atoms with van der Waals surface area (Å²) in [4.78, 5) is 28.8. The number of hydrogen-bond acceptors (Lipinski definition) is 2. The highest BCUT2D eigenvalue weighted by Crippen LogP contribution is 2.16. The minimum absolute atomic E-state index is 0.00194. The van der Waals surface area contributed by atoms with Crippen molar-refractivity contribution in [2.75, 3.05) is 27.2 Å². The Morgan fingerprint density at radius 3 is 1.50 bits per heavy atom. The van der Waals surface area contributed by atoms with Gasteiger partial charge in [-0.1, -0.05) is 52.9 Å². The zero-order valence-corrected chi connectivity index (χ0v) is 15.4. The highest BCUT2D eigenvalue weighted by atomic mass is 16.2. The van der Waals surface area contributed by atoms with Crippen molar-refractivity contribution in [1.29, 1.82) is 0 Å². The van der Waals surface area contributed by atoms with Crippen molar-refractivity contribution in [3.05, 3.63) is 0 Å². The largest absolute Gasteiger partial charge is 0.345 e. The Morgan fingerprint density at radius 1 is 0.727 bits per heavy atom. The minimum Gasteiger partial charge on any atom is -0.345 e. The number of carbonyl (C=O) groups excluding carboxylic acids is 2. The molecule has 2 amide bonds. The zero-order valence-electron chi connectivity index (χ0n) is 15.4. The van der Waals surface area contributed by atoms with Gasteiger partial charge in [0.1, 0.15) is 5.92 Å². The van der Waals surface area contributed by atoms with E-state index in [1.54, 1.807) is 9.80 Å². The number of nitrogens with zero attached hydrogens (tertiary/aromatic N) is 2. The van der Waals surface area contributed by atoms with Gasteiger partial charge < -0.3 is 9.80 Å². The van der Waals surface area contributed by atoms with Crippen LogP contribution in [0.2, 0.25) is 0 Å². The minimum atomic E-state index is -0.490. The first kappa shape index (κ1) is 20.9. The maximum absolute atomic E-state index is 12.6. The average Bonchev–Trinajstić information content (AvgIpc) is 2.53. The highest BCUT2D eigenvalue weighted by molar-refractivity contribution is 6.00. The molecule has 0 atom stereocenters. The Balaban J connectivity index is 4.78. The lowest BCUT2D eigenvalue weighted by atomic mass is 9.98. The van der Waals surface area contributed by atoms with Crippen molar-refractivity contribution in [2.24, 2.45) is 5.92 Å². The van der Waals surface area contributed by atoms with E-state index >= 15 is 0 Å². The van der Waals surface area contributed by atoms with E-state index < -0.39 is 5.92 Å². The predicted octanol–water partition coefficient (Wildman–Crippen LogP) is 3.70. The summed E-state index contributed by atoms with van der Waals surface area (Å²) in [6.45, 7) is 7.85. The second kappa shape index (κ2) is 12.5. The fraction of sp³-hybridized carbons (Fsp3) is 0.889. The van der Waals surface area contributed by atoms with Gasteiger partial charge in [-0.3, -0.25) is 9.59 Å². The Bertz CT molecular complexity index is 292. The molecular weight excluding hydrogens is 276 g/mol. The van der Waals surface area contributed by atoms with Gasteiger partial charge in [-0.2, -0.15) is 0 Å². The Labute approximate surface area is 137 Å². The molecule has 0 aliphatic rings. The molecule has 0 spiro atoms. The Hall–Kier alpha value is -1.06. The second-order valence-electron chi connectivity index (χ2n) is 6.28. The van der Waals surface area contributed by atoms with E-state index in [-0.39, 0.29) is 11.8 Å². The molecule has 4 heteroatoms. The molecule has 0 aromatic heterocycles. The number of rotatable bonds is 12. The molecule has 0 bridgehead atoms. The lowest BCUT2D eigenvalue weighted by Crippen LogP contribution is -2.43. The second-order valence-corrected chi connectivity index (χ2v) is 6.28. The maximum atomic E-state index is 12.6. The quantitative estimate of drug-likeness (QED) is 0.407. The lowest BCUT2D eigenvalue weighted by Gasteiger charge is -2.27. The molecule has 0 aliphatic carbocycles. The predicted molar refractivity (Wildman–Crippen MR) is 92.7 cm³/mol. The van der Waals surface area contributed by atoms with E-state index in [4.69, 9.17) is 0 Å². The molecule has 4 nitrogen and oxygen atoms in total. The van der Waals surface area contributed by atoms with Crippen LogP contribution >= 0.6 is 0 Å². The third-order valence-electron chi connectivity index (χ3n) is 4.14. The Kier molecular flexibility index (Phi) is 11.9. The van der Waals surface area contributed by atoms with Crippen LogP contribution in [-0.2, 0) is 9.59 Å². The average molecular weight is 312 g/mol. The van der Waals surface area contributed by atoms with Gasteiger partial charge in [-0.15, -0.1) is 0 Å². The molecule has 22 heavy (non-hydrogen) atoms. The van der Waals surface area contributed by atoms with Gasteiger partial charge >= 0.3 is 0 Å². The van der Waals surface area contributed by atoms with Crippen LogP contribution in [0.25, 0.3) is 0 Å². The van der Waals surface area contributed by atoms with Gasteiger partial charge in [0.05, 0.1) is 0 Å². The van der Waals surface area contributed by atoms with Gasteiger partial charge in [0.15, 0.2) is 0 Å². The van der Waals surface area contributed by atoms with Crippen molar-refractivity contribution in [1.82, 2.24) is 9.80 Å². The topological polar surface area (TPSA) is 40.6 Å². The van der Waals surface area contributed by atoms with E-state index in [1.807, 2.05) is 14.1 Å². The normalized spacial score (nSPS) is 10.8. The summed E-state index contributed by atoms with van der Waals surface area (Å²) in [5, 5.41) is 0. The van der Waals surface area contributed by atoms with Crippen molar-refractivity contribution in [3.8, 4) is 0 Å². The molecule has 130 valence electrons. The van der Waals surface area contributed by atoms with Crippen molar-refractivity contribution in [3.63, 3.8) is 0 Å². The van der Waals surface area contributed by atoms with Crippen LogP contribution in [0, 0.1) is 5.92 Å². The molecule has 0 fully saturated rings. The SMILES string of the molecule is CCCCCC(C(=O)N(C)CCCC)C(=O)N(C)CCCC. The molecule has 0 saturated carbocycles. The molecule has 0 radical (unpaired) electrons. The number of carbonyl (C=O) groups is 2. The van der Waals surface area contributed by atoms with Gasteiger partial charge in [-0.25, -0.2) is 0 Å². The Morgan fingerprint density at radius 2 is 1.14 bits per heavy atom. The molecule has 0 aliphatic heterocycles. The summed E-state index contributed by atoms with van der Waals surface area (Å²) in [7, 11) is 3.65. The van der Waals surface area contributed by atoms with Crippen LogP contribution < -0.4 is 0 Å². The molecule has 0 N–H and O–H groups in total. The number of hydrogen-bond donors (Lipinski definition) is 0. The fourth-order valence-electron chi connectivity index (χ4n) is 2.49. The van der Waals surface area contributed by atoms with Gasteiger partial charge in [-0.05, 0) is 19.3 Å². The van der Waals surface area contributed by atoms with Crippen LogP contribution in [0.3, 0.4) is 0 Å². The third kappa shape index (κ3) is 7.81. The highest BCUT2D eigenvalue weighted by Gasteiger charge is 2.30. The van der Waals surface area contributed by atoms with Gasteiger partial charge in [0.25, 0.3) is 0 Å². The van der Waals surface area contributed by atoms with Crippen LogP contribution in [0.15, 0.2) is 0 Å². The van der Waals surface area contributed by atoms with Crippen molar-refractivity contribution in [2.45, 2.75) is 72.1 Å². The zero-order chi connectivity index (χ0) is 17.0. The van der Waals surface area contributed by atoms with Crippen molar-refractivity contribution < 1.29 is 9.59 Å². The van der Waals surface area contributed by atoms with E-state index in [0.717, 1.165) is 58.0 Å². The lowest BCUT2D eigenvalue weighted by molar-refractivity contribution is -0.146. The summed E-state index contributed by atoms with van der Waals surface area (Å²) in [6.07, 6.45) is 7.90. The standard InChI is InChI=1S/C18H36N2O2/c1-6-9-12-13-16(17(21)19(4)14-10-7-2)18(22)20(5)15-11-8-3/h16H,6-15H2,1-5H3. The van der Waals surface area contributed by atoms with Gasteiger partial charge in [0, 0.05) is 27.2 Å². The smallest absolute Gasteiger partial charge is 0.234 e. The van der Waals surface area contributed by atoms with E-state index in [9.17, 15) is 9.59 Å².